The van der Waals surface area contributed by atoms with E-state index in [1.54, 1.807) is 0 Å². The van der Waals surface area contributed by atoms with Crippen LogP contribution in [-0.4, -0.2) is 0 Å². The van der Waals surface area contributed by atoms with Gasteiger partial charge in [-0.05, 0) is 41.7 Å². The predicted octanol–water partition coefficient (Wildman–Crippen LogP) is 5.08. The van der Waals surface area contributed by atoms with E-state index in [1.165, 1.54) is 32.3 Å². The average Bonchev–Trinajstić information content (AvgIpc) is 2.73. The van der Waals surface area contributed by atoms with Gasteiger partial charge in [0.2, 0.25) is 0 Å². The van der Waals surface area contributed by atoms with E-state index in [4.69, 9.17) is 0 Å². The maximum Gasteiger partial charge on any atom is 0.0260 e. The molecule has 0 heterocycles. The molecular formula is C16H13Br. The zero-order valence-electron chi connectivity index (χ0n) is 9.70. The van der Waals surface area contributed by atoms with Crippen molar-refractivity contribution in [3.63, 3.8) is 0 Å². The van der Waals surface area contributed by atoms with Gasteiger partial charge in [-0.15, -0.1) is 0 Å². The lowest BCUT2D eigenvalue weighted by atomic mass is 9.94. The van der Waals surface area contributed by atoms with Gasteiger partial charge in [0.05, 0.1) is 0 Å². The maximum absolute atomic E-state index is 3.69. The van der Waals surface area contributed by atoms with Crippen LogP contribution < -0.4 is 0 Å². The largest absolute Gasteiger partial charge is 0.0765 e. The van der Waals surface area contributed by atoms with Crippen molar-refractivity contribution < 1.29 is 0 Å². The molecule has 0 bridgehead atoms. The Morgan fingerprint density at radius 1 is 0.941 bits per heavy atom. The fourth-order valence-electron chi connectivity index (χ4n) is 2.49. The van der Waals surface area contributed by atoms with Crippen molar-refractivity contribution in [2.75, 3.05) is 0 Å². The molecular weight excluding hydrogens is 272 g/mol. The van der Waals surface area contributed by atoms with E-state index in [9.17, 15) is 0 Å². The molecule has 17 heavy (non-hydrogen) atoms. The lowest BCUT2D eigenvalue weighted by Gasteiger charge is -2.13. The molecule has 0 nitrogen and oxygen atoms in total. The average molecular weight is 285 g/mol. The topological polar surface area (TPSA) is 0 Å². The second-order valence-electron chi connectivity index (χ2n) is 4.41. The van der Waals surface area contributed by atoms with Gasteiger partial charge in [0.25, 0.3) is 0 Å². The lowest BCUT2D eigenvalue weighted by molar-refractivity contribution is 1.31. The van der Waals surface area contributed by atoms with E-state index < -0.39 is 0 Å². The van der Waals surface area contributed by atoms with Crippen LogP contribution in [0.4, 0.5) is 0 Å². The Morgan fingerprint density at radius 2 is 1.71 bits per heavy atom. The van der Waals surface area contributed by atoms with Crippen LogP contribution in [-0.2, 0) is 6.42 Å². The third-order valence-electron chi connectivity index (χ3n) is 3.33. The quantitative estimate of drug-likeness (QED) is 0.685. The Kier molecular flexibility index (Phi) is 2.64. The van der Waals surface area contributed by atoms with E-state index in [1.807, 2.05) is 0 Å². The van der Waals surface area contributed by atoms with E-state index >= 15 is 0 Å². The van der Waals surface area contributed by atoms with Crippen LogP contribution in [0.1, 0.15) is 18.1 Å². The molecule has 2 aromatic rings. The molecule has 1 aliphatic carbocycles. The highest BCUT2D eigenvalue weighted by atomic mass is 79.9. The molecule has 1 heteroatoms. The van der Waals surface area contributed by atoms with Crippen LogP contribution in [0.5, 0.6) is 0 Å². The van der Waals surface area contributed by atoms with E-state index in [0.29, 0.717) is 0 Å². The lowest BCUT2D eigenvalue weighted by Crippen LogP contribution is -1.90. The molecule has 0 amide bonds. The number of hydrogen-bond donors (Lipinski definition) is 0. The monoisotopic (exact) mass is 284 g/mol. The summed E-state index contributed by atoms with van der Waals surface area (Å²) in [5.74, 6) is 0. The zero-order chi connectivity index (χ0) is 11.8. The first kappa shape index (κ1) is 10.8. The summed E-state index contributed by atoms with van der Waals surface area (Å²) in [5, 5.41) is 0. The van der Waals surface area contributed by atoms with Crippen LogP contribution >= 0.6 is 15.9 Å². The molecule has 0 spiro atoms. The summed E-state index contributed by atoms with van der Waals surface area (Å²) < 4.78 is 1.18. The Morgan fingerprint density at radius 3 is 2.47 bits per heavy atom. The van der Waals surface area contributed by atoms with Gasteiger partial charge >= 0.3 is 0 Å². The Bertz CT molecular complexity index is 594. The second-order valence-corrected chi connectivity index (χ2v) is 5.27. The molecule has 0 atom stereocenters. The smallest absolute Gasteiger partial charge is 0.0260 e. The first-order chi connectivity index (χ1) is 8.27. The molecule has 0 fully saturated rings. The van der Waals surface area contributed by atoms with Gasteiger partial charge in [0, 0.05) is 10.0 Å². The van der Waals surface area contributed by atoms with Crippen molar-refractivity contribution in [1.82, 2.24) is 0 Å². The van der Waals surface area contributed by atoms with Crippen molar-refractivity contribution in [1.29, 1.82) is 0 Å². The zero-order valence-corrected chi connectivity index (χ0v) is 11.3. The van der Waals surface area contributed by atoms with Gasteiger partial charge in [-0.25, -0.2) is 0 Å². The fraction of sp³-hybridized carbons (Fsp3) is 0.125. The molecule has 2 aromatic carbocycles. The van der Waals surface area contributed by atoms with Gasteiger partial charge in [-0.2, -0.15) is 0 Å². The van der Waals surface area contributed by atoms with Gasteiger partial charge in [-0.1, -0.05) is 58.4 Å². The molecule has 0 aromatic heterocycles. The molecule has 84 valence electrons. The van der Waals surface area contributed by atoms with E-state index in [0.717, 1.165) is 6.42 Å². The van der Waals surface area contributed by atoms with Crippen LogP contribution in [0.15, 0.2) is 53.0 Å². The van der Waals surface area contributed by atoms with Crippen LogP contribution in [0, 0.1) is 0 Å². The first-order valence-corrected chi connectivity index (χ1v) is 6.60. The summed E-state index contributed by atoms with van der Waals surface area (Å²) >= 11 is 3.69. The fourth-order valence-corrected chi connectivity index (χ4v) is 3.05. The Hall–Kier alpha value is -1.34. The molecule has 0 radical (unpaired) electrons. The minimum absolute atomic E-state index is 1.06. The molecule has 3 rings (SSSR count). The summed E-state index contributed by atoms with van der Waals surface area (Å²) in [4.78, 5) is 0. The molecule has 0 N–H and O–H groups in total. The molecule has 0 aliphatic heterocycles. The number of allylic oxidation sites excluding steroid dienone is 2. The van der Waals surface area contributed by atoms with Gasteiger partial charge < -0.3 is 0 Å². The normalized spacial score (nSPS) is 13.4. The summed E-state index contributed by atoms with van der Waals surface area (Å²) in [6.07, 6.45) is 3.37. The number of benzene rings is 2. The van der Waals surface area contributed by atoms with Crippen molar-refractivity contribution in [3.05, 3.63) is 64.1 Å². The second kappa shape index (κ2) is 4.15. The van der Waals surface area contributed by atoms with Gasteiger partial charge in [0.15, 0.2) is 0 Å². The number of rotatable bonds is 1. The van der Waals surface area contributed by atoms with Gasteiger partial charge in [0.1, 0.15) is 0 Å². The van der Waals surface area contributed by atoms with Crippen LogP contribution in [0.3, 0.4) is 0 Å². The highest BCUT2D eigenvalue weighted by Gasteiger charge is 2.18. The highest BCUT2D eigenvalue weighted by molar-refractivity contribution is 9.10. The van der Waals surface area contributed by atoms with E-state index in [2.05, 4.69) is 71.4 Å². The van der Waals surface area contributed by atoms with Crippen molar-refractivity contribution in [2.24, 2.45) is 0 Å². The standard InChI is InChI=1S/C16H13Br/c1-11-7-8-13-9-10-14(17)16(15(11)13)12-5-3-2-4-6-12/h2-7,9-10H,8H2,1H3. The summed E-state index contributed by atoms with van der Waals surface area (Å²) in [6, 6.07) is 15.0. The molecule has 0 saturated heterocycles. The molecule has 0 unspecified atom stereocenters. The third-order valence-corrected chi connectivity index (χ3v) is 3.99. The van der Waals surface area contributed by atoms with Crippen LogP contribution in [0.25, 0.3) is 16.7 Å². The predicted molar refractivity (Wildman–Crippen MR) is 76.9 cm³/mol. The maximum atomic E-state index is 3.69. The Labute approximate surface area is 110 Å². The van der Waals surface area contributed by atoms with Crippen molar-refractivity contribution in [2.45, 2.75) is 13.3 Å². The Balaban J connectivity index is 2.30. The highest BCUT2D eigenvalue weighted by Crippen LogP contribution is 2.40. The van der Waals surface area contributed by atoms with Crippen molar-refractivity contribution in [3.8, 4) is 11.1 Å². The number of hydrogen-bond acceptors (Lipinski definition) is 0. The molecule has 1 aliphatic rings. The van der Waals surface area contributed by atoms with Crippen LogP contribution in [0.2, 0.25) is 0 Å². The third kappa shape index (κ3) is 1.75. The summed E-state index contributed by atoms with van der Waals surface area (Å²) in [6.45, 7) is 2.20. The SMILES string of the molecule is CC1=CCc2ccc(Br)c(-c3ccccc3)c21. The number of halogens is 1. The summed E-state index contributed by atoms with van der Waals surface area (Å²) in [5.41, 5.74) is 6.84. The van der Waals surface area contributed by atoms with E-state index in [-0.39, 0.29) is 0 Å². The minimum Gasteiger partial charge on any atom is -0.0765 e. The molecule has 0 saturated carbocycles. The van der Waals surface area contributed by atoms with Gasteiger partial charge in [-0.3, -0.25) is 0 Å². The summed E-state index contributed by atoms with van der Waals surface area (Å²) in [7, 11) is 0. The first-order valence-electron chi connectivity index (χ1n) is 5.81. The van der Waals surface area contributed by atoms with Crippen molar-refractivity contribution >= 4 is 21.5 Å². The number of fused-ring (bicyclic) bond motifs is 1. The minimum atomic E-state index is 1.06.